The highest BCUT2D eigenvalue weighted by Gasteiger charge is 2.46. The van der Waals surface area contributed by atoms with E-state index in [-0.39, 0.29) is 6.54 Å². The minimum atomic E-state index is -4.80. The van der Waals surface area contributed by atoms with Gasteiger partial charge in [-0.2, -0.15) is 13.2 Å². The lowest BCUT2D eigenvalue weighted by atomic mass is 10.1. The molecule has 1 amide bonds. The molecule has 0 saturated carbocycles. The van der Waals surface area contributed by atoms with Gasteiger partial charge >= 0.3 is 12.1 Å². The molecule has 0 radical (unpaired) electrons. The molecule has 0 aliphatic carbocycles. The second kappa shape index (κ2) is 4.35. The van der Waals surface area contributed by atoms with Gasteiger partial charge in [-0.25, -0.2) is 0 Å². The lowest BCUT2D eigenvalue weighted by Gasteiger charge is -2.25. The molecule has 1 aliphatic heterocycles. The maximum Gasteiger partial charge on any atom is 0.471 e. The molecule has 0 bridgehead atoms. The number of aromatic nitrogens is 1. The number of nitrogens with zero attached hydrogens (tertiary/aromatic N) is 2. The molecule has 1 aliphatic rings. The van der Waals surface area contributed by atoms with Crippen molar-refractivity contribution in [2.75, 3.05) is 6.54 Å². The Balaban J connectivity index is 2.22. The molecule has 6 heteroatoms. The van der Waals surface area contributed by atoms with Crippen LogP contribution in [0.3, 0.4) is 0 Å². The van der Waals surface area contributed by atoms with Gasteiger partial charge in [-0.15, -0.1) is 0 Å². The van der Waals surface area contributed by atoms with E-state index in [9.17, 15) is 18.0 Å². The zero-order valence-electron chi connectivity index (χ0n) is 8.94. The number of halogens is 3. The molecule has 0 spiro atoms. The molecular formula is C11H11F3N2O. The highest BCUT2D eigenvalue weighted by Crippen LogP contribution is 2.34. The largest absolute Gasteiger partial charge is 0.471 e. The minimum Gasteiger partial charge on any atom is -0.328 e. The first-order valence-electron chi connectivity index (χ1n) is 5.28. The summed E-state index contributed by atoms with van der Waals surface area (Å²) < 4.78 is 37.1. The van der Waals surface area contributed by atoms with Gasteiger partial charge in [-0.3, -0.25) is 9.78 Å². The molecule has 17 heavy (non-hydrogen) atoms. The minimum absolute atomic E-state index is 0.151. The maximum atomic E-state index is 12.4. The number of rotatable bonds is 1. The molecule has 1 aromatic rings. The van der Waals surface area contributed by atoms with Gasteiger partial charge in [0.05, 0.1) is 6.04 Å². The summed E-state index contributed by atoms with van der Waals surface area (Å²) in [6.45, 7) is 0.151. The van der Waals surface area contributed by atoms with Crippen LogP contribution in [0.5, 0.6) is 0 Å². The summed E-state index contributed by atoms with van der Waals surface area (Å²) in [6.07, 6.45) is -0.610. The average molecular weight is 244 g/mol. The molecule has 1 atom stereocenters. The molecule has 3 nitrogen and oxygen atoms in total. The fraction of sp³-hybridized carbons (Fsp3) is 0.455. The Labute approximate surface area is 96.3 Å². The summed E-state index contributed by atoms with van der Waals surface area (Å²) in [6, 6.07) is 2.85. The molecular weight excluding hydrogens is 233 g/mol. The van der Waals surface area contributed by atoms with Crippen LogP contribution in [0.1, 0.15) is 24.4 Å². The topological polar surface area (TPSA) is 33.2 Å². The van der Waals surface area contributed by atoms with Gasteiger partial charge in [-0.05, 0) is 24.5 Å². The summed E-state index contributed by atoms with van der Waals surface area (Å²) >= 11 is 0. The predicted molar refractivity (Wildman–Crippen MR) is 54.0 cm³/mol. The summed E-state index contributed by atoms with van der Waals surface area (Å²) in [4.78, 5) is 16.0. The molecule has 1 aromatic heterocycles. The van der Waals surface area contributed by atoms with Gasteiger partial charge in [0.2, 0.25) is 0 Å². The zero-order valence-corrected chi connectivity index (χ0v) is 8.94. The number of carbonyl (C=O) groups excluding carboxylic acids is 1. The van der Waals surface area contributed by atoms with Crippen LogP contribution in [0.4, 0.5) is 13.2 Å². The summed E-state index contributed by atoms with van der Waals surface area (Å²) in [5.41, 5.74) is 0.655. The number of hydrogen-bond donors (Lipinski definition) is 0. The Morgan fingerprint density at radius 3 is 2.82 bits per heavy atom. The van der Waals surface area contributed by atoms with Crippen LogP contribution < -0.4 is 0 Å². The van der Waals surface area contributed by atoms with Crippen LogP contribution in [-0.2, 0) is 4.79 Å². The Kier molecular flexibility index (Phi) is 3.04. The summed E-state index contributed by atoms with van der Waals surface area (Å²) in [5.74, 6) is -1.76. The van der Waals surface area contributed by atoms with Crippen LogP contribution in [0.25, 0.3) is 0 Å². The van der Waals surface area contributed by atoms with Crippen molar-refractivity contribution >= 4 is 5.91 Å². The molecule has 2 heterocycles. The molecule has 1 unspecified atom stereocenters. The van der Waals surface area contributed by atoms with E-state index in [1.807, 2.05) is 0 Å². The lowest BCUT2D eigenvalue weighted by molar-refractivity contribution is -0.186. The van der Waals surface area contributed by atoms with Crippen molar-refractivity contribution in [2.24, 2.45) is 0 Å². The van der Waals surface area contributed by atoms with Crippen LogP contribution in [-0.4, -0.2) is 28.5 Å². The lowest BCUT2D eigenvalue weighted by Crippen LogP contribution is -2.40. The Morgan fingerprint density at radius 1 is 1.47 bits per heavy atom. The first-order chi connectivity index (χ1) is 8.00. The van der Waals surface area contributed by atoms with E-state index < -0.39 is 18.1 Å². The van der Waals surface area contributed by atoms with Crippen molar-refractivity contribution in [1.82, 2.24) is 9.88 Å². The normalized spacial score (nSPS) is 20.6. The van der Waals surface area contributed by atoms with Crippen molar-refractivity contribution in [3.63, 3.8) is 0 Å². The van der Waals surface area contributed by atoms with Crippen LogP contribution in [0, 0.1) is 0 Å². The highest BCUT2D eigenvalue weighted by molar-refractivity contribution is 5.82. The number of pyridine rings is 1. The van der Waals surface area contributed by atoms with Gasteiger partial charge < -0.3 is 4.90 Å². The summed E-state index contributed by atoms with van der Waals surface area (Å²) in [7, 11) is 0. The van der Waals surface area contributed by atoms with Crippen molar-refractivity contribution in [1.29, 1.82) is 0 Å². The molecule has 0 aromatic carbocycles. The maximum absolute atomic E-state index is 12.4. The number of hydrogen-bond acceptors (Lipinski definition) is 2. The third kappa shape index (κ3) is 2.40. The first-order valence-corrected chi connectivity index (χ1v) is 5.28. The van der Waals surface area contributed by atoms with E-state index in [2.05, 4.69) is 4.98 Å². The van der Waals surface area contributed by atoms with Gasteiger partial charge in [0.1, 0.15) is 0 Å². The number of amides is 1. The molecule has 92 valence electrons. The van der Waals surface area contributed by atoms with Crippen molar-refractivity contribution < 1.29 is 18.0 Å². The standard InChI is InChI=1S/C11H11F3N2O/c12-11(13,14)10(17)16-6-2-4-9(16)8-3-1-5-15-7-8/h1,3,5,7,9H,2,4,6H2. The highest BCUT2D eigenvalue weighted by atomic mass is 19.4. The fourth-order valence-electron chi connectivity index (χ4n) is 2.09. The van der Waals surface area contributed by atoms with Crippen molar-refractivity contribution in [3.05, 3.63) is 30.1 Å². The van der Waals surface area contributed by atoms with E-state index >= 15 is 0 Å². The third-order valence-corrected chi connectivity index (χ3v) is 2.83. The van der Waals surface area contributed by atoms with Crippen molar-refractivity contribution in [3.8, 4) is 0 Å². The van der Waals surface area contributed by atoms with Gasteiger partial charge in [-0.1, -0.05) is 6.07 Å². The Morgan fingerprint density at radius 2 is 2.24 bits per heavy atom. The zero-order chi connectivity index (χ0) is 12.5. The quantitative estimate of drug-likeness (QED) is 0.759. The summed E-state index contributed by atoms with van der Waals surface area (Å²) in [5, 5.41) is 0. The first kappa shape index (κ1) is 11.9. The van der Waals surface area contributed by atoms with Gasteiger partial charge in [0.25, 0.3) is 0 Å². The predicted octanol–water partition coefficient (Wildman–Crippen LogP) is 2.31. The van der Waals surface area contributed by atoms with Gasteiger partial charge in [0, 0.05) is 18.9 Å². The Hall–Kier alpha value is -1.59. The molecule has 2 rings (SSSR count). The molecule has 0 N–H and O–H groups in total. The van der Waals surface area contributed by atoms with Crippen LogP contribution >= 0.6 is 0 Å². The van der Waals surface area contributed by atoms with Crippen LogP contribution in [0.2, 0.25) is 0 Å². The van der Waals surface area contributed by atoms with Gasteiger partial charge in [0.15, 0.2) is 0 Å². The fourth-order valence-corrected chi connectivity index (χ4v) is 2.09. The SMILES string of the molecule is O=C(N1CCCC1c1cccnc1)C(F)(F)F. The van der Waals surface area contributed by atoms with E-state index in [0.29, 0.717) is 18.4 Å². The number of alkyl halides is 3. The van der Waals surface area contributed by atoms with E-state index in [1.54, 1.807) is 18.3 Å². The monoisotopic (exact) mass is 244 g/mol. The number of likely N-dealkylation sites (tertiary alicyclic amines) is 1. The second-order valence-electron chi connectivity index (χ2n) is 3.94. The van der Waals surface area contributed by atoms with E-state index in [0.717, 1.165) is 4.90 Å². The average Bonchev–Trinajstić information content (AvgIpc) is 2.76. The number of carbonyl (C=O) groups is 1. The van der Waals surface area contributed by atoms with Crippen LogP contribution in [0.15, 0.2) is 24.5 Å². The van der Waals surface area contributed by atoms with E-state index in [4.69, 9.17) is 0 Å². The third-order valence-electron chi connectivity index (χ3n) is 2.83. The molecule has 1 fully saturated rings. The second-order valence-corrected chi connectivity index (χ2v) is 3.94. The van der Waals surface area contributed by atoms with Crippen molar-refractivity contribution in [2.45, 2.75) is 25.1 Å². The molecule has 1 saturated heterocycles. The van der Waals surface area contributed by atoms with E-state index in [1.165, 1.54) is 6.20 Å². The Bertz CT molecular complexity index is 405. The smallest absolute Gasteiger partial charge is 0.328 e.